The molecule has 0 radical (unpaired) electrons. The lowest BCUT2D eigenvalue weighted by molar-refractivity contribution is 0.164. The molecule has 9 heavy (non-hydrogen) atoms. The van der Waals surface area contributed by atoms with Crippen LogP contribution in [-0.2, 0) is 4.74 Å². The zero-order valence-corrected chi connectivity index (χ0v) is 4.89. The molecule has 0 fully saturated rings. The van der Waals surface area contributed by atoms with Crippen molar-refractivity contribution < 1.29 is 9.53 Å². The molecule has 0 aliphatic carbocycles. The molecule has 0 aromatic rings. The van der Waals surface area contributed by atoms with Crippen molar-refractivity contribution in [3.05, 3.63) is 12.8 Å². The SMILES string of the molecule is C#CCOC(=O)NC=C. The molecule has 0 aromatic carbocycles. The molecule has 3 heteroatoms. The van der Waals surface area contributed by atoms with Crippen LogP contribution in [0.15, 0.2) is 12.8 Å². The summed E-state index contributed by atoms with van der Waals surface area (Å²) in [5.74, 6) is 2.14. The highest BCUT2D eigenvalue weighted by molar-refractivity contribution is 5.68. The van der Waals surface area contributed by atoms with Crippen LogP contribution >= 0.6 is 0 Å². The van der Waals surface area contributed by atoms with Gasteiger partial charge in [0, 0.05) is 0 Å². The molecular weight excluding hydrogens is 118 g/mol. The number of alkyl carbamates (subject to hydrolysis) is 1. The maximum absolute atomic E-state index is 10.3. The third-order valence-electron chi connectivity index (χ3n) is 0.507. The van der Waals surface area contributed by atoms with Gasteiger partial charge in [-0.1, -0.05) is 12.5 Å². The number of amides is 1. The minimum absolute atomic E-state index is 0.0142. The summed E-state index contributed by atoms with van der Waals surface area (Å²) in [5, 5.41) is 2.19. The first kappa shape index (κ1) is 7.57. The monoisotopic (exact) mass is 125 g/mol. The second-order valence-electron chi connectivity index (χ2n) is 1.13. The van der Waals surface area contributed by atoms with E-state index < -0.39 is 6.09 Å². The number of rotatable bonds is 2. The number of carbonyl (C=O) groups is 1. The molecule has 1 amide bonds. The summed E-state index contributed by atoms with van der Waals surface area (Å²) < 4.78 is 4.37. The molecule has 1 N–H and O–H groups in total. The van der Waals surface area contributed by atoms with Crippen LogP contribution in [0, 0.1) is 12.3 Å². The number of hydrogen-bond donors (Lipinski definition) is 1. The summed E-state index contributed by atoms with van der Waals surface area (Å²) in [6.45, 7) is 3.23. The number of terminal acetylenes is 1. The van der Waals surface area contributed by atoms with E-state index in [9.17, 15) is 4.79 Å². The molecule has 3 nitrogen and oxygen atoms in total. The Hall–Kier alpha value is -1.43. The van der Waals surface area contributed by atoms with Gasteiger partial charge in [-0.15, -0.1) is 6.42 Å². The van der Waals surface area contributed by atoms with Crippen molar-refractivity contribution in [3.8, 4) is 12.3 Å². The van der Waals surface area contributed by atoms with Crippen molar-refractivity contribution in [1.29, 1.82) is 0 Å². The van der Waals surface area contributed by atoms with Crippen LogP contribution in [0.25, 0.3) is 0 Å². The first-order chi connectivity index (χ1) is 4.31. The van der Waals surface area contributed by atoms with Gasteiger partial charge in [0.15, 0.2) is 6.61 Å². The first-order valence-corrected chi connectivity index (χ1v) is 2.29. The average Bonchev–Trinajstić information content (AvgIpc) is 1.85. The van der Waals surface area contributed by atoms with Crippen molar-refractivity contribution in [2.24, 2.45) is 0 Å². The standard InChI is InChI=1S/C6H7NO2/c1-3-5-9-6(8)7-4-2/h1,4H,2,5H2,(H,7,8). The van der Waals surface area contributed by atoms with Crippen LogP contribution in [0.1, 0.15) is 0 Å². The fraction of sp³-hybridized carbons (Fsp3) is 0.167. The van der Waals surface area contributed by atoms with Gasteiger partial charge in [0.05, 0.1) is 0 Å². The van der Waals surface area contributed by atoms with E-state index in [-0.39, 0.29) is 6.61 Å². The Bertz CT molecular complexity index is 146. The lowest BCUT2D eigenvalue weighted by Gasteiger charge is -1.96. The Morgan fingerprint density at radius 3 is 3.11 bits per heavy atom. The minimum Gasteiger partial charge on any atom is -0.436 e. The van der Waals surface area contributed by atoms with Gasteiger partial charge in [-0.05, 0) is 6.20 Å². The Kier molecular flexibility index (Phi) is 3.97. The van der Waals surface area contributed by atoms with Crippen molar-refractivity contribution in [2.75, 3.05) is 6.61 Å². The zero-order valence-electron chi connectivity index (χ0n) is 4.89. The largest absolute Gasteiger partial charge is 0.436 e. The highest BCUT2D eigenvalue weighted by Crippen LogP contribution is 1.73. The zero-order chi connectivity index (χ0) is 7.11. The van der Waals surface area contributed by atoms with E-state index in [0.29, 0.717) is 0 Å². The highest BCUT2D eigenvalue weighted by Gasteiger charge is 1.92. The van der Waals surface area contributed by atoms with Gasteiger partial charge in [0.1, 0.15) is 0 Å². The molecule has 0 spiro atoms. The third-order valence-corrected chi connectivity index (χ3v) is 0.507. The summed E-state index contributed by atoms with van der Waals surface area (Å²) in [6, 6.07) is 0. The Morgan fingerprint density at radius 1 is 2.00 bits per heavy atom. The Morgan fingerprint density at radius 2 is 2.67 bits per heavy atom. The predicted molar refractivity (Wildman–Crippen MR) is 33.5 cm³/mol. The third kappa shape index (κ3) is 4.42. The topological polar surface area (TPSA) is 38.3 Å². The molecule has 0 aliphatic heterocycles. The van der Waals surface area contributed by atoms with Crippen LogP contribution in [0.4, 0.5) is 4.79 Å². The molecule has 0 saturated heterocycles. The van der Waals surface area contributed by atoms with Crippen molar-refractivity contribution in [3.63, 3.8) is 0 Å². The lowest BCUT2D eigenvalue weighted by Crippen LogP contribution is -2.17. The number of nitrogens with one attached hydrogen (secondary N) is 1. The smallest absolute Gasteiger partial charge is 0.412 e. The molecule has 0 rings (SSSR count). The van der Waals surface area contributed by atoms with Crippen molar-refractivity contribution in [2.45, 2.75) is 0 Å². The van der Waals surface area contributed by atoms with E-state index >= 15 is 0 Å². The highest BCUT2D eigenvalue weighted by atomic mass is 16.5. The molecule has 0 saturated carbocycles. The first-order valence-electron chi connectivity index (χ1n) is 2.29. The fourth-order valence-electron chi connectivity index (χ4n) is 0.232. The van der Waals surface area contributed by atoms with Gasteiger partial charge >= 0.3 is 6.09 Å². The molecule has 0 aromatic heterocycles. The summed E-state index contributed by atoms with van der Waals surface area (Å²) >= 11 is 0. The van der Waals surface area contributed by atoms with Gasteiger partial charge in [0.25, 0.3) is 0 Å². The molecule has 48 valence electrons. The Balaban J connectivity index is 3.29. The van der Waals surface area contributed by atoms with Crippen LogP contribution in [-0.4, -0.2) is 12.7 Å². The minimum atomic E-state index is -0.581. The lowest BCUT2D eigenvalue weighted by atomic mass is 10.7. The van der Waals surface area contributed by atoms with Crippen LogP contribution in [0.5, 0.6) is 0 Å². The summed E-state index contributed by atoms with van der Waals surface area (Å²) in [6.07, 6.45) is 5.43. The van der Waals surface area contributed by atoms with Crippen LogP contribution in [0.3, 0.4) is 0 Å². The van der Waals surface area contributed by atoms with Gasteiger partial charge < -0.3 is 4.74 Å². The average molecular weight is 125 g/mol. The van der Waals surface area contributed by atoms with E-state index in [1.165, 1.54) is 6.20 Å². The summed E-state index contributed by atoms with van der Waals surface area (Å²) in [4.78, 5) is 10.3. The molecular formula is C6H7NO2. The van der Waals surface area contributed by atoms with Gasteiger partial charge in [-0.3, -0.25) is 5.32 Å². The van der Waals surface area contributed by atoms with Gasteiger partial charge in [0.2, 0.25) is 0 Å². The van der Waals surface area contributed by atoms with Crippen molar-refractivity contribution >= 4 is 6.09 Å². The molecule has 0 atom stereocenters. The van der Waals surface area contributed by atoms with Crippen LogP contribution < -0.4 is 5.32 Å². The van der Waals surface area contributed by atoms with Crippen LogP contribution in [0.2, 0.25) is 0 Å². The second kappa shape index (κ2) is 4.72. The fourth-order valence-corrected chi connectivity index (χ4v) is 0.232. The number of hydrogen-bond acceptors (Lipinski definition) is 2. The van der Waals surface area contributed by atoms with E-state index in [1.807, 2.05) is 0 Å². The van der Waals surface area contributed by atoms with Gasteiger partial charge in [-0.25, -0.2) is 4.79 Å². The summed E-state index contributed by atoms with van der Waals surface area (Å²) in [5.41, 5.74) is 0. The molecule has 0 bridgehead atoms. The van der Waals surface area contributed by atoms with Crippen molar-refractivity contribution in [1.82, 2.24) is 5.32 Å². The molecule has 0 heterocycles. The van der Waals surface area contributed by atoms with E-state index in [1.54, 1.807) is 0 Å². The van der Waals surface area contributed by atoms with E-state index in [4.69, 9.17) is 6.42 Å². The summed E-state index contributed by atoms with van der Waals surface area (Å²) in [7, 11) is 0. The van der Waals surface area contributed by atoms with E-state index in [0.717, 1.165) is 0 Å². The maximum Gasteiger partial charge on any atom is 0.412 e. The Labute approximate surface area is 53.7 Å². The maximum atomic E-state index is 10.3. The number of ether oxygens (including phenoxy) is 1. The molecule has 0 unspecified atom stereocenters. The second-order valence-corrected chi connectivity index (χ2v) is 1.13. The quantitative estimate of drug-likeness (QED) is 0.545. The van der Waals surface area contributed by atoms with E-state index in [2.05, 4.69) is 22.6 Å². The number of carbonyl (C=O) groups excluding carboxylic acids is 1. The molecule has 0 aliphatic rings. The van der Waals surface area contributed by atoms with Gasteiger partial charge in [-0.2, -0.15) is 0 Å². The predicted octanol–water partition coefficient (Wildman–Crippen LogP) is 0.489. The normalized spacial score (nSPS) is 7.00.